The Hall–Kier alpha value is -0.530. The van der Waals surface area contributed by atoms with Crippen molar-refractivity contribution < 1.29 is 9.53 Å². The fourth-order valence-electron chi connectivity index (χ4n) is 2.18. The van der Waals surface area contributed by atoms with Gasteiger partial charge in [-0.3, -0.25) is 4.79 Å². The zero-order chi connectivity index (χ0) is 12.9. The minimum atomic E-state index is -0.0320. The van der Waals surface area contributed by atoms with E-state index in [4.69, 9.17) is 4.74 Å². The van der Waals surface area contributed by atoms with E-state index in [9.17, 15) is 4.79 Å². The lowest BCUT2D eigenvalue weighted by molar-refractivity contribution is -0.145. The predicted octanol–water partition coefficient (Wildman–Crippen LogP) is 4.72. The van der Waals surface area contributed by atoms with Gasteiger partial charge in [0.1, 0.15) is 0 Å². The molecule has 0 heterocycles. The molecule has 0 fully saturated rings. The Morgan fingerprint density at radius 1 is 0.941 bits per heavy atom. The summed E-state index contributed by atoms with van der Waals surface area (Å²) in [5.41, 5.74) is 0. The first-order chi connectivity index (χ1) is 8.26. The van der Waals surface area contributed by atoms with Crippen LogP contribution in [0.5, 0.6) is 0 Å². The molecule has 0 aliphatic rings. The van der Waals surface area contributed by atoms with Crippen LogP contribution in [0.15, 0.2) is 0 Å². The van der Waals surface area contributed by atoms with Crippen LogP contribution in [-0.2, 0) is 9.53 Å². The second kappa shape index (κ2) is 11.9. The van der Waals surface area contributed by atoms with Gasteiger partial charge in [0.2, 0.25) is 0 Å². The number of esters is 1. The van der Waals surface area contributed by atoms with Crippen LogP contribution in [-0.4, -0.2) is 13.1 Å². The lowest BCUT2D eigenvalue weighted by Crippen LogP contribution is -2.15. The van der Waals surface area contributed by atoms with Crippen LogP contribution in [0.3, 0.4) is 0 Å². The molecule has 2 nitrogen and oxygen atoms in total. The summed E-state index contributed by atoms with van der Waals surface area (Å²) in [4.78, 5) is 11.4. The molecule has 0 aliphatic carbocycles. The van der Waals surface area contributed by atoms with Gasteiger partial charge >= 0.3 is 5.97 Å². The molecule has 0 aromatic carbocycles. The highest BCUT2D eigenvalue weighted by molar-refractivity contribution is 5.72. The molecule has 0 aliphatic heterocycles. The Bertz CT molecular complexity index is 178. The van der Waals surface area contributed by atoms with Crippen LogP contribution >= 0.6 is 0 Å². The van der Waals surface area contributed by atoms with Gasteiger partial charge in [-0.05, 0) is 12.8 Å². The Morgan fingerprint density at radius 2 is 1.47 bits per heavy atom. The topological polar surface area (TPSA) is 26.3 Å². The highest BCUT2D eigenvalue weighted by Crippen LogP contribution is 2.16. The minimum absolute atomic E-state index is 0.0320. The average molecular weight is 242 g/mol. The lowest BCUT2D eigenvalue weighted by Gasteiger charge is -2.11. The molecule has 1 unspecified atom stereocenters. The summed E-state index contributed by atoms with van der Waals surface area (Å²) in [6.07, 6.45) is 12.5. The SMILES string of the molecule is CCCCCCCCCCC(CC)C(=O)OC. The summed E-state index contributed by atoms with van der Waals surface area (Å²) in [5, 5.41) is 0. The second-order valence-corrected chi connectivity index (χ2v) is 4.89. The summed E-state index contributed by atoms with van der Waals surface area (Å²) in [5.74, 6) is 0.0931. The van der Waals surface area contributed by atoms with Gasteiger partial charge in [0, 0.05) is 0 Å². The fourth-order valence-corrected chi connectivity index (χ4v) is 2.18. The van der Waals surface area contributed by atoms with Gasteiger partial charge < -0.3 is 4.74 Å². The Kier molecular flexibility index (Phi) is 11.6. The molecule has 0 saturated carbocycles. The number of ether oxygens (including phenoxy) is 1. The summed E-state index contributed by atoms with van der Waals surface area (Å²) < 4.78 is 4.79. The van der Waals surface area contributed by atoms with Crippen molar-refractivity contribution in [3.8, 4) is 0 Å². The van der Waals surface area contributed by atoms with Gasteiger partial charge in [-0.25, -0.2) is 0 Å². The molecule has 0 N–H and O–H groups in total. The normalized spacial score (nSPS) is 12.4. The summed E-state index contributed by atoms with van der Waals surface area (Å²) in [6.45, 7) is 4.31. The zero-order valence-corrected chi connectivity index (χ0v) is 12.0. The third kappa shape index (κ3) is 9.20. The molecule has 0 radical (unpaired) electrons. The first-order valence-corrected chi connectivity index (χ1v) is 7.34. The second-order valence-electron chi connectivity index (χ2n) is 4.89. The summed E-state index contributed by atoms with van der Waals surface area (Å²) in [6, 6.07) is 0. The molecule has 0 spiro atoms. The van der Waals surface area contributed by atoms with Crippen LogP contribution in [0, 0.1) is 5.92 Å². The van der Waals surface area contributed by atoms with Gasteiger partial charge in [0.25, 0.3) is 0 Å². The molecule has 2 heteroatoms. The highest BCUT2D eigenvalue weighted by atomic mass is 16.5. The standard InChI is InChI=1S/C15H30O2/c1-4-6-7-8-9-10-11-12-13-14(5-2)15(16)17-3/h14H,4-13H2,1-3H3. The monoisotopic (exact) mass is 242 g/mol. The number of methoxy groups -OCH3 is 1. The third-order valence-corrected chi connectivity index (χ3v) is 3.43. The third-order valence-electron chi connectivity index (χ3n) is 3.43. The van der Waals surface area contributed by atoms with Crippen molar-refractivity contribution in [2.24, 2.45) is 5.92 Å². The number of carbonyl (C=O) groups is 1. The Balaban J connectivity index is 3.34. The quantitative estimate of drug-likeness (QED) is 0.387. The van der Waals surface area contributed by atoms with E-state index < -0.39 is 0 Å². The van der Waals surface area contributed by atoms with Crippen molar-refractivity contribution >= 4 is 5.97 Å². The smallest absolute Gasteiger partial charge is 0.308 e. The maximum Gasteiger partial charge on any atom is 0.308 e. The molecule has 0 rings (SSSR count). The molecule has 0 bridgehead atoms. The van der Waals surface area contributed by atoms with E-state index in [1.165, 1.54) is 58.5 Å². The predicted molar refractivity (Wildman–Crippen MR) is 73.0 cm³/mol. The van der Waals surface area contributed by atoms with E-state index in [0.717, 1.165) is 12.8 Å². The van der Waals surface area contributed by atoms with Crippen molar-refractivity contribution in [3.63, 3.8) is 0 Å². The van der Waals surface area contributed by atoms with Crippen LogP contribution in [0.1, 0.15) is 78.1 Å². The van der Waals surface area contributed by atoms with Crippen LogP contribution < -0.4 is 0 Å². The average Bonchev–Trinajstić information content (AvgIpc) is 2.36. The highest BCUT2D eigenvalue weighted by Gasteiger charge is 2.15. The van der Waals surface area contributed by atoms with Gasteiger partial charge in [0.15, 0.2) is 0 Å². The molecule has 0 saturated heterocycles. The molecule has 102 valence electrons. The summed E-state index contributed by atoms with van der Waals surface area (Å²) >= 11 is 0. The number of hydrogen-bond donors (Lipinski definition) is 0. The number of carbonyl (C=O) groups excluding carboxylic acids is 1. The number of hydrogen-bond acceptors (Lipinski definition) is 2. The van der Waals surface area contributed by atoms with E-state index >= 15 is 0 Å². The minimum Gasteiger partial charge on any atom is -0.469 e. The fraction of sp³-hybridized carbons (Fsp3) is 0.933. The maximum atomic E-state index is 11.4. The van der Waals surface area contributed by atoms with Crippen molar-refractivity contribution in [1.82, 2.24) is 0 Å². The number of unbranched alkanes of at least 4 members (excludes halogenated alkanes) is 7. The van der Waals surface area contributed by atoms with Crippen molar-refractivity contribution in [3.05, 3.63) is 0 Å². The molecular formula is C15H30O2. The molecule has 1 atom stereocenters. The molecule has 0 amide bonds. The zero-order valence-electron chi connectivity index (χ0n) is 12.0. The van der Waals surface area contributed by atoms with Gasteiger partial charge in [-0.15, -0.1) is 0 Å². The molecule has 0 aromatic rings. The van der Waals surface area contributed by atoms with E-state index in [-0.39, 0.29) is 11.9 Å². The van der Waals surface area contributed by atoms with Gasteiger partial charge in [0.05, 0.1) is 13.0 Å². The Morgan fingerprint density at radius 3 is 1.94 bits per heavy atom. The number of rotatable bonds is 11. The summed E-state index contributed by atoms with van der Waals surface area (Å²) in [7, 11) is 1.48. The van der Waals surface area contributed by atoms with Crippen molar-refractivity contribution in [1.29, 1.82) is 0 Å². The van der Waals surface area contributed by atoms with Crippen LogP contribution in [0.4, 0.5) is 0 Å². The van der Waals surface area contributed by atoms with Crippen LogP contribution in [0.25, 0.3) is 0 Å². The lowest BCUT2D eigenvalue weighted by atomic mass is 9.98. The first kappa shape index (κ1) is 16.5. The van der Waals surface area contributed by atoms with Crippen molar-refractivity contribution in [2.45, 2.75) is 78.1 Å². The van der Waals surface area contributed by atoms with E-state index in [1.54, 1.807) is 0 Å². The van der Waals surface area contributed by atoms with Gasteiger partial charge in [-0.1, -0.05) is 65.2 Å². The van der Waals surface area contributed by atoms with Crippen molar-refractivity contribution in [2.75, 3.05) is 7.11 Å². The van der Waals surface area contributed by atoms with Crippen LogP contribution in [0.2, 0.25) is 0 Å². The molecule has 0 aromatic heterocycles. The first-order valence-electron chi connectivity index (χ1n) is 7.34. The Labute approximate surface area is 107 Å². The van der Waals surface area contributed by atoms with E-state index in [1.807, 2.05) is 0 Å². The molecule has 17 heavy (non-hydrogen) atoms. The largest absolute Gasteiger partial charge is 0.469 e. The van der Waals surface area contributed by atoms with Gasteiger partial charge in [-0.2, -0.15) is 0 Å². The maximum absolute atomic E-state index is 11.4. The van der Waals surface area contributed by atoms with E-state index in [2.05, 4.69) is 13.8 Å². The van der Waals surface area contributed by atoms with E-state index in [0.29, 0.717) is 0 Å². The molecular weight excluding hydrogens is 212 g/mol.